The molecule has 0 radical (unpaired) electrons. The van der Waals surface area contributed by atoms with E-state index >= 15 is 0 Å². The lowest BCUT2D eigenvalue weighted by Gasteiger charge is -2.21. The van der Waals surface area contributed by atoms with Crippen LogP contribution in [0.5, 0.6) is 0 Å². The molecular weight excluding hydrogens is 1220 g/mol. The number of esters is 3. The quantitative estimate of drug-likeness (QED) is 0.0146. The van der Waals surface area contributed by atoms with Crippen molar-refractivity contribution >= 4 is 33.6 Å². The van der Waals surface area contributed by atoms with Crippen LogP contribution >= 0.6 is 15.6 Å². The first-order chi connectivity index (χ1) is 45.2. The standard InChI is InChI=1S/C75H132O16P2/c1-4-7-10-13-16-19-22-24-26-28-29-30-31-32-33-34-35-36-37-38-39-41-43-44-47-49-52-55-58-61-73(78)85-64-70(76)65-87-92(81,82)88-66-71(77)67-89-93(83,84)90-69-72(91-75(80)63-60-57-54-51-46-21-18-15-12-9-6-3)68-86-74(79)62-59-56-53-50-48-45-42-40-27-25-23-20-17-14-11-8-5-2/h8,11,16-17,19-20,24-27,29-30,32-33,42,45,70-72,76-77H,4-7,9-10,12-15,18,21-23,28,31,34-41,43-44,46-69H2,1-3H3,(H,81,82)(H,83,84)/b11-8-,19-16-,20-17-,26-24-,27-25-,30-29-,33-32-,45-42-. The fourth-order valence-corrected chi connectivity index (χ4v) is 11.3. The fraction of sp³-hybridized carbons (Fsp3) is 0.747. The maximum Gasteiger partial charge on any atom is 0.472 e. The Labute approximate surface area is 565 Å². The van der Waals surface area contributed by atoms with Crippen molar-refractivity contribution in [2.45, 2.75) is 322 Å². The Bertz CT molecular complexity index is 2080. The molecule has 5 atom stereocenters. The van der Waals surface area contributed by atoms with Crippen LogP contribution in [-0.2, 0) is 55.8 Å². The van der Waals surface area contributed by atoms with E-state index in [1.54, 1.807) is 0 Å². The van der Waals surface area contributed by atoms with Crippen LogP contribution in [0.25, 0.3) is 0 Å². The van der Waals surface area contributed by atoms with Crippen LogP contribution in [0.4, 0.5) is 0 Å². The Kier molecular flexibility index (Phi) is 65.8. The van der Waals surface area contributed by atoms with Crippen molar-refractivity contribution in [2.75, 3.05) is 39.6 Å². The summed E-state index contributed by atoms with van der Waals surface area (Å²) in [6, 6.07) is 0. The first-order valence-electron chi connectivity index (χ1n) is 36.5. The highest BCUT2D eigenvalue weighted by molar-refractivity contribution is 7.47. The zero-order valence-electron chi connectivity index (χ0n) is 58.4. The molecule has 0 rings (SSSR count). The molecule has 93 heavy (non-hydrogen) atoms. The topological polar surface area (TPSA) is 231 Å². The number of hydrogen-bond acceptors (Lipinski definition) is 14. The molecule has 0 aromatic carbocycles. The van der Waals surface area contributed by atoms with Gasteiger partial charge in [-0.25, -0.2) is 9.13 Å². The first kappa shape index (κ1) is 89.5. The minimum absolute atomic E-state index is 0.101. The molecule has 0 heterocycles. The summed E-state index contributed by atoms with van der Waals surface area (Å²) in [6.45, 7) is 2.50. The fourth-order valence-electron chi connectivity index (χ4n) is 9.72. The molecule has 0 aromatic heterocycles. The van der Waals surface area contributed by atoms with Crippen molar-refractivity contribution < 1.29 is 75.8 Å². The van der Waals surface area contributed by atoms with E-state index in [9.17, 15) is 43.5 Å². The molecule has 18 heteroatoms. The van der Waals surface area contributed by atoms with Gasteiger partial charge in [-0.3, -0.25) is 32.5 Å². The van der Waals surface area contributed by atoms with Gasteiger partial charge in [0.1, 0.15) is 25.4 Å². The summed E-state index contributed by atoms with van der Waals surface area (Å²) in [6.07, 6.45) is 76.2. The normalized spacial score (nSPS) is 14.7. The van der Waals surface area contributed by atoms with Gasteiger partial charge in [0.05, 0.1) is 26.4 Å². The van der Waals surface area contributed by atoms with Crippen LogP contribution in [0.3, 0.4) is 0 Å². The monoisotopic (exact) mass is 1350 g/mol. The van der Waals surface area contributed by atoms with Gasteiger partial charge in [-0.05, 0) is 103 Å². The van der Waals surface area contributed by atoms with Gasteiger partial charge in [0.2, 0.25) is 0 Å². The summed E-state index contributed by atoms with van der Waals surface area (Å²) in [5.41, 5.74) is 0. The molecule has 0 fully saturated rings. The predicted molar refractivity (Wildman–Crippen MR) is 381 cm³/mol. The Balaban J connectivity index is 4.43. The van der Waals surface area contributed by atoms with Crippen molar-refractivity contribution in [1.29, 1.82) is 0 Å². The highest BCUT2D eigenvalue weighted by Crippen LogP contribution is 2.45. The van der Waals surface area contributed by atoms with Crippen LogP contribution in [0.2, 0.25) is 0 Å². The van der Waals surface area contributed by atoms with Gasteiger partial charge in [0.25, 0.3) is 0 Å². The molecule has 0 bridgehead atoms. The van der Waals surface area contributed by atoms with E-state index in [-0.39, 0.29) is 19.3 Å². The van der Waals surface area contributed by atoms with Crippen molar-refractivity contribution in [1.82, 2.24) is 0 Å². The average Bonchev–Trinajstić information content (AvgIpc) is 2.35. The van der Waals surface area contributed by atoms with Crippen LogP contribution in [-0.4, -0.2) is 95.9 Å². The zero-order chi connectivity index (χ0) is 68.1. The van der Waals surface area contributed by atoms with Crippen LogP contribution in [0.15, 0.2) is 97.2 Å². The molecule has 0 spiro atoms. The number of carbonyl (C=O) groups is 3. The maximum atomic E-state index is 12.9. The number of hydrogen-bond donors (Lipinski definition) is 4. The molecule has 0 amide bonds. The lowest BCUT2D eigenvalue weighted by atomic mass is 10.0. The van der Waals surface area contributed by atoms with Gasteiger partial charge < -0.3 is 34.2 Å². The summed E-state index contributed by atoms with van der Waals surface area (Å²) >= 11 is 0. The second-order valence-corrected chi connectivity index (χ2v) is 27.3. The number of ether oxygens (including phenoxy) is 3. The third-order valence-corrected chi connectivity index (χ3v) is 17.2. The number of allylic oxidation sites excluding steroid dienone is 16. The van der Waals surface area contributed by atoms with E-state index in [1.807, 2.05) is 0 Å². The van der Waals surface area contributed by atoms with E-state index in [4.69, 9.17) is 32.3 Å². The SMILES string of the molecule is CC/C=C\C/C=C\C/C=C\C/C=C\CCCCCCC(=O)OCC(COP(=O)(O)OCC(O)COP(=O)(O)OCC(O)COC(=O)CCCCCCCCCCCCCCC/C=C\C/C=C\C/C=C\C/C=C\CCCCC)OC(=O)CCCCCCCCCCCCC. The van der Waals surface area contributed by atoms with Gasteiger partial charge in [-0.1, -0.05) is 279 Å². The Hall–Kier alpha value is -3.53. The number of rotatable bonds is 69. The van der Waals surface area contributed by atoms with Crippen molar-refractivity contribution in [3.8, 4) is 0 Å². The molecule has 16 nitrogen and oxygen atoms in total. The van der Waals surface area contributed by atoms with E-state index < -0.39 is 91.5 Å². The Morgan fingerprint density at radius 2 is 0.570 bits per heavy atom. The molecule has 0 aliphatic heterocycles. The molecule has 5 unspecified atom stereocenters. The lowest BCUT2D eigenvalue weighted by molar-refractivity contribution is -0.161. The third kappa shape index (κ3) is 69.6. The van der Waals surface area contributed by atoms with Crippen LogP contribution in [0, 0.1) is 0 Å². The zero-order valence-corrected chi connectivity index (χ0v) is 60.2. The molecule has 0 saturated carbocycles. The second kappa shape index (κ2) is 68.4. The third-order valence-electron chi connectivity index (χ3n) is 15.3. The van der Waals surface area contributed by atoms with E-state index in [0.717, 1.165) is 122 Å². The largest absolute Gasteiger partial charge is 0.472 e. The van der Waals surface area contributed by atoms with Gasteiger partial charge in [0.15, 0.2) is 6.10 Å². The van der Waals surface area contributed by atoms with Gasteiger partial charge in [0, 0.05) is 19.3 Å². The lowest BCUT2D eigenvalue weighted by Crippen LogP contribution is -2.30. The summed E-state index contributed by atoms with van der Waals surface area (Å²) < 4.78 is 60.9. The second-order valence-electron chi connectivity index (χ2n) is 24.4. The molecule has 0 aliphatic carbocycles. The minimum Gasteiger partial charge on any atom is -0.463 e. The molecule has 0 saturated heterocycles. The van der Waals surface area contributed by atoms with E-state index in [1.165, 1.54) is 122 Å². The molecule has 0 aliphatic rings. The van der Waals surface area contributed by atoms with Gasteiger partial charge >= 0.3 is 33.6 Å². The number of aliphatic hydroxyl groups excluding tert-OH is 2. The maximum absolute atomic E-state index is 12.9. The van der Waals surface area contributed by atoms with Crippen LogP contribution in [0.1, 0.15) is 303 Å². The van der Waals surface area contributed by atoms with Crippen LogP contribution < -0.4 is 0 Å². The molecule has 4 N–H and O–H groups in total. The van der Waals surface area contributed by atoms with Gasteiger partial charge in [-0.15, -0.1) is 0 Å². The predicted octanol–water partition coefficient (Wildman–Crippen LogP) is 20.6. The Morgan fingerprint density at radius 1 is 0.312 bits per heavy atom. The summed E-state index contributed by atoms with van der Waals surface area (Å²) in [7, 11) is -9.77. The van der Waals surface area contributed by atoms with Gasteiger partial charge in [-0.2, -0.15) is 0 Å². The summed E-state index contributed by atoms with van der Waals surface area (Å²) in [5.74, 6) is -1.60. The molecular formula is C75H132O16P2. The summed E-state index contributed by atoms with van der Waals surface area (Å²) in [5, 5.41) is 20.6. The highest BCUT2D eigenvalue weighted by Gasteiger charge is 2.29. The number of phosphoric ester groups is 2. The van der Waals surface area contributed by atoms with E-state index in [0.29, 0.717) is 19.3 Å². The van der Waals surface area contributed by atoms with Crippen molar-refractivity contribution in [3.05, 3.63) is 97.2 Å². The smallest absolute Gasteiger partial charge is 0.463 e. The molecule has 538 valence electrons. The van der Waals surface area contributed by atoms with Crippen molar-refractivity contribution in [3.63, 3.8) is 0 Å². The number of carbonyl (C=O) groups excluding carboxylic acids is 3. The number of phosphoric acid groups is 2. The van der Waals surface area contributed by atoms with Crippen molar-refractivity contribution in [2.24, 2.45) is 0 Å². The summed E-state index contributed by atoms with van der Waals surface area (Å²) in [4.78, 5) is 58.3. The average molecular weight is 1350 g/mol. The molecule has 0 aromatic rings. The van der Waals surface area contributed by atoms with E-state index in [2.05, 4.69) is 118 Å². The number of unbranched alkanes of at least 4 members (excludes halogenated alkanes) is 30. The number of aliphatic hydroxyl groups is 2. The minimum atomic E-state index is -4.92. The Morgan fingerprint density at radius 3 is 0.925 bits per heavy atom. The highest BCUT2D eigenvalue weighted by atomic mass is 31.2. The first-order valence-corrected chi connectivity index (χ1v) is 39.5.